The Balaban J connectivity index is 1.52. The molecule has 0 spiro atoms. The second-order valence-electron chi connectivity index (χ2n) is 7.95. The summed E-state index contributed by atoms with van der Waals surface area (Å²) in [5.74, 6) is 1.84. The third-order valence-electron chi connectivity index (χ3n) is 4.95. The molecule has 0 radical (unpaired) electrons. The monoisotopic (exact) mass is 401 g/mol. The Hall–Kier alpha value is -2.28. The van der Waals surface area contributed by atoms with Crippen LogP contribution in [0.4, 0.5) is 5.69 Å². The zero-order valence-electron chi connectivity index (χ0n) is 17.5. The highest BCUT2D eigenvalue weighted by Crippen LogP contribution is 2.24. The molecule has 1 N–H and O–H groups in total. The standard InChI is InChI=1S/C21H31N5OS/c1-21(2,3)18-15-28-19(24-18)14-23-20(22-4)26-12-10-25(11-13-26)16-6-8-17(27-5)9-7-16/h6-9,15H,10-14H2,1-5H3,(H,22,23). The first kappa shape index (κ1) is 20.5. The fourth-order valence-electron chi connectivity index (χ4n) is 3.19. The van der Waals surface area contributed by atoms with Crippen LogP contribution < -0.4 is 15.0 Å². The first-order chi connectivity index (χ1) is 13.4. The summed E-state index contributed by atoms with van der Waals surface area (Å²) in [6.45, 7) is 11.1. The summed E-state index contributed by atoms with van der Waals surface area (Å²) in [4.78, 5) is 14.0. The molecular weight excluding hydrogens is 370 g/mol. The molecule has 2 heterocycles. The van der Waals surface area contributed by atoms with Crippen molar-refractivity contribution in [2.45, 2.75) is 32.7 Å². The fraction of sp³-hybridized carbons (Fsp3) is 0.524. The molecule has 0 bridgehead atoms. The molecule has 0 amide bonds. The lowest BCUT2D eigenvalue weighted by molar-refractivity contribution is 0.372. The molecule has 1 aliphatic rings. The van der Waals surface area contributed by atoms with E-state index in [9.17, 15) is 0 Å². The fourth-order valence-corrected chi connectivity index (χ4v) is 4.15. The van der Waals surface area contributed by atoms with Crippen molar-refractivity contribution in [3.63, 3.8) is 0 Å². The maximum atomic E-state index is 5.25. The van der Waals surface area contributed by atoms with Crippen molar-refractivity contribution in [1.29, 1.82) is 0 Å². The van der Waals surface area contributed by atoms with E-state index in [-0.39, 0.29) is 5.41 Å². The van der Waals surface area contributed by atoms with Gasteiger partial charge in [-0.25, -0.2) is 4.98 Å². The molecule has 0 atom stereocenters. The largest absolute Gasteiger partial charge is 0.497 e. The van der Waals surface area contributed by atoms with Gasteiger partial charge in [0, 0.05) is 49.7 Å². The number of anilines is 1. The average Bonchev–Trinajstić information content (AvgIpc) is 3.19. The van der Waals surface area contributed by atoms with Gasteiger partial charge >= 0.3 is 0 Å². The zero-order chi connectivity index (χ0) is 20.1. The Bertz CT molecular complexity index is 786. The Labute approximate surface area is 172 Å². The number of aromatic nitrogens is 1. The van der Waals surface area contributed by atoms with Crippen LogP contribution in [0.3, 0.4) is 0 Å². The van der Waals surface area contributed by atoms with Crippen LogP contribution in [0.2, 0.25) is 0 Å². The number of guanidine groups is 1. The first-order valence-corrected chi connectivity index (χ1v) is 10.6. The zero-order valence-corrected chi connectivity index (χ0v) is 18.3. The summed E-state index contributed by atoms with van der Waals surface area (Å²) in [6, 6.07) is 8.28. The van der Waals surface area contributed by atoms with Crippen molar-refractivity contribution in [2.24, 2.45) is 4.99 Å². The molecule has 28 heavy (non-hydrogen) atoms. The molecule has 1 aromatic heterocycles. The van der Waals surface area contributed by atoms with Crippen LogP contribution in [0.1, 0.15) is 31.5 Å². The Morgan fingerprint density at radius 1 is 1.18 bits per heavy atom. The minimum Gasteiger partial charge on any atom is -0.497 e. The van der Waals surface area contributed by atoms with Gasteiger partial charge in [0.05, 0.1) is 19.3 Å². The number of ether oxygens (including phenoxy) is 1. The van der Waals surface area contributed by atoms with Crippen LogP contribution in [-0.2, 0) is 12.0 Å². The minimum atomic E-state index is 0.0915. The molecule has 0 unspecified atom stereocenters. The normalized spacial score (nSPS) is 15.7. The summed E-state index contributed by atoms with van der Waals surface area (Å²) in [7, 11) is 3.54. The number of methoxy groups -OCH3 is 1. The molecule has 1 aliphatic heterocycles. The van der Waals surface area contributed by atoms with Gasteiger partial charge in [0.2, 0.25) is 0 Å². The second-order valence-corrected chi connectivity index (χ2v) is 8.89. The Kier molecular flexibility index (Phi) is 6.44. The molecule has 3 rings (SSSR count). The maximum absolute atomic E-state index is 5.25. The van der Waals surface area contributed by atoms with Crippen molar-refractivity contribution in [2.75, 3.05) is 45.2 Å². The lowest BCUT2D eigenvalue weighted by Gasteiger charge is -2.37. The number of benzene rings is 1. The summed E-state index contributed by atoms with van der Waals surface area (Å²) in [6.07, 6.45) is 0. The van der Waals surface area contributed by atoms with Crippen LogP contribution in [0.15, 0.2) is 34.6 Å². The molecule has 152 valence electrons. The van der Waals surface area contributed by atoms with Crippen LogP contribution in [0, 0.1) is 0 Å². The topological polar surface area (TPSA) is 53.0 Å². The van der Waals surface area contributed by atoms with E-state index in [0.717, 1.165) is 48.6 Å². The molecule has 2 aromatic rings. The van der Waals surface area contributed by atoms with Gasteiger partial charge in [-0.3, -0.25) is 4.99 Å². The molecule has 0 aliphatic carbocycles. The third kappa shape index (κ3) is 4.95. The van der Waals surface area contributed by atoms with E-state index in [1.54, 1.807) is 18.4 Å². The van der Waals surface area contributed by atoms with Crippen LogP contribution in [-0.4, -0.2) is 56.2 Å². The molecular formula is C21H31N5OS. The molecule has 0 saturated carbocycles. The van der Waals surface area contributed by atoms with Gasteiger partial charge in [0.15, 0.2) is 5.96 Å². The van der Waals surface area contributed by atoms with E-state index in [2.05, 4.69) is 58.4 Å². The second kappa shape index (κ2) is 8.82. The van der Waals surface area contributed by atoms with Gasteiger partial charge in [-0.1, -0.05) is 20.8 Å². The number of thiazole rings is 1. The summed E-state index contributed by atoms with van der Waals surface area (Å²) < 4.78 is 5.25. The number of nitrogens with one attached hydrogen (secondary N) is 1. The number of hydrogen-bond donors (Lipinski definition) is 1. The number of aliphatic imine (C=N–C) groups is 1. The molecule has 1 fully saturated rings. The van der Waals surface area contributed by atoms with Crippen LogP contribution in [0.5, 0.6) is 5.75 Å². The number of hydrogen-bond acceptors (Lipinski definition) is 5. The summed E-state index contributed by atoms with van der Waals surface area (Å²) >= 11 is 1.71. The van der Waals surface area contributed by atoms with Gasteiger partial charge in [0.25, 0.3) is 0 Å². The van der Waals surface area contributed by atoms with Crippen molar-refractivity contribution in [1.82, 2.24) is 15.2 Å². The maximum Gasteiger partial charge on any atom is 0.194 e. The van der Waals surface area contributed by atoms with E-state index in [4.69, 9.17) is 9.72 Å². The quantitative estimate of drug-likeness (QED) is 0.629. The Morgan fingerprint density at radius 2 is 1.86 bits per heavy atom. The molecule has 6 nitrogen and oxygen atoms in total. The Morgan fingerprint density at radius 3 is 2.39 bits per heavy atom. The van der Waals surface area contributed by atoms with Crippen LogP contribution in [0.25, 0.3) is 0 Å². The third-order valence-corrected chi connectivity index (χ3v) is 5.80. The predicted molar refractivity (Wildman–Crippen MR) is 118 cm³/mol. The lowest BCUT2D eigenvalue weighted by atomic mass is 9.93. The number of piperazine rings is 1. The smallest absolute Gasteiger partial charge is 0.194 e. The van der Waals surface area contributed by atoms with Crippen molar-refractivity contribution in [3.05, 3.63) is 40.3 Å². The van der Waals surface area contributed by atoms with E-state index >= 15 is 0 Å². The highest BCUT2D eigenvalue weighted by Gasteiger charge is 2.21. The number of rotatable bonds is 4. The molecule has 1 aromatic carbocycles. The predicted octanol–water partition coefficient (Wildman–Crippen LogP) is 3.35. The van der Waals surface area contributed by atoms with Gasteiger partial charge in [-0.05, 0) is 24.3 Å². The van der Waals surface area contributed by atoms with E-state index in [0.29, 0.717) is 6.54 Å². The highest BCUT2D eigenvalue weighted by atomic mass is 32.1. The van der Waals surface area contributed by atoms with Gasteiger partial charge in [-0.2, -0.15) is 0 Å². The summed E-state index contributed by atoms with van der Waals surface area (Å²) in [5, 5.41) is 6.74. The molecule has 1 saturated heterocycles. The number of nitrogens with zero attached hydrogens (tertiary/aromatic N) is 4. The highest BCUT2D eigenvalue weighted by molar-refractivity contribution is 7.09. The first-order valence-electron chi connectivity index (χ1n) is 9.70. The van der Waals surface area contributed by atoms with Crippen LogP contribution >= 0.6 is 11.3 Å². The van der Waals surface area contributed by atoms with Gasteiger partial charge in [0.1, 0.15) is 10.8 Å². The van der Waals surface area contributed by atoms with Gasteiger partial charge in [-0.15, -0.1) is 11.3 Å². The van der Waals surface area contributed by atoms with Crippen molar-refractivity contribution < 1.29 is 4.74 Å². The van der Waals surface area contributed by atoms with E-state index in [1.807, 2.05) is 19.2 Å². The van der Waals surface area contributed by atoms with E-state index in [1.165, 1.54) is 5.69 Å². The SMILES string of the molecule is CN=C(NCc1nc(C(C)(C)C)cs1)N1CCN(c2ccc(OC)cc2)CC1. The molecule has 7 heteroatoms. The average molecular weight is 402 g/mol. The lowest BCUT2D eigenvalue weighted by Crippen LogP contribution is -2.52. The summed E-state index contributed by atoms with van der Waals surface area (Å²) in [5.41, 5.74) is 2.48. The van der Waals surface area contributed by atoms with Crippen molar-refractivity contribution in [3.8, 4) is 5.75 Å². The van der Waals surface area contributed by atoms with Crippen molar-refractivity contribution >= 4 is 23.0 Å². The van der Waals surface area contributed by atoms with Gasteiger partial charge < -0.3 is 19.9 Å². The minimum absolute atomic E-state index is 0.0915. The van der Waals surface area contributed by atoms with E-state index < -0.39 is 0 Å².